The highest BCUT2D eigenvalue weighted by Gasteiger charge is 2.26. The first-order valence-electron chi connectivity index (χ1n) is 8.07. The number of sulfonamides is 1. The second-order valence-corrected chi connectivity index (χ2v) is 8.56. The molecule has 1 heterocycles. The van der Waals surface area contributed by atoms with Crippen molar-refractivity contribution in [2.45, 2.75) is 38.3 Å². The fraction of sp³-hybridized carbons (Fsp3) is 0.333. The van der Waals surface area contributed by atoms with E-state index in [1.807, 2.05) is 0 Å². The van der Waals surface area contributed by atoms with Gasteiger partial charge in [-0.25, -0.2) is 17.9 Å². The number of rotatable bonds is 5. The lowest BCUT2D eigenvalue weighted by Gasteiger charge is -2.18. The number of hydrogen-bond acceptors (Lipinski definition) is 6. The van der Waals surface area contributed by atoms with Crippen molar-refractivity contribution in [1.82, 2.24) is 4.72 Å². The number of carbonyl (C=O) groups is 2. The molecule has 0 saturated heterocycles. The molecule has 0 saturated carbocycles. The molecule has 1 amide bonds. The molecule has 0 bridgehead atoms. The Bertz CT molecular complexity index is 970. The van der Waals surface area contributed by atoms with Crippen molar-refractivity contribution in [3.63, 3.8) is 0 Å². The average Bonchev–Trinajstić information content (AvgIpc) is 3.04. The fourth-order valence-corrected chi connectivity index (χ4v) is 3.63. The molecule has 1 aromatic heterocycles. The van der Waals surface area contributed by atoms with Crippen LogP contribution in [0.4, 0.5) is 5.69 Å². The fourth-order valence-electron chi connectivity index (χ4n) is 2.27. The molecular weight excluding hydrogens is 372 g/mol. The zero-order valence-electron chi connectivity index (χ0n) is 15.7. The van der Waals surface area contributed by atoms with Crippen LogP contribution in [-0.2, 0) is 14.8 Å². The Labute approximate surface area is 157 Å². The highest BCUT2D eigenvalue weighted by atomic mass is 32.2. The van der Waals surface area contributed by atoms with Crippen LogP contribution in [-0.4, -0.2) is 32.9 Å². The second kappa shape index (κ2) is 7.53. The van der Waals surface area contributed by atoms with Crippen LogP contribution in [0.25, 0.3) is 0 Å². The van der Waals surface area contributed by atoms with Crippen LogP contribution in [0.15, 0.2) is 39.8 Å². The van der Waals surface area contributed by atoms with Crippen LogP contribution < -0.4 is 10.0 Å². The van der Waals surface area contributed by atoms with Crippen LogP contribution in [0.1, 0.15) is 47.2 Å². The maximum absolute atomic E-state index is 12.4. The average molecular weight is 394 g/mol. The van der Waals surface area contributed by atoms with Gasteiger partial charge in [-0.2, -0.15) is 0 Å². The summed E-state index contributed by atoms with van der Waals surface area (Å²) in [4.78, 5) is 23.9. The third-order valence-electron chi connectivity index (χ3n) is 3.41. The number of hydrogen-bond donors (Lipinski definition) is 2. The van der Waals surface area contributed by atoms with Crippen molar-refractivity contribution in [3.8, 4) is 0 Å². The first-order chi connectivity index (χ1) is 12.4. The molecule has 8 nitrogen and oxygen atoms in total. The van der Waals surface area contributed by atoms with Gasteiger partial charge >= 0.3 is 5.97 Å². The number of furan rings is 1. The smallest absolute Gasteiger partial charge is 0.337 e. The first kappa shape index (κ1) is 20.7. The van der Waals surface area contributed by atoms with E-state index in [0.717, 1.165) is 0 Å². The quantitative estimate of drug-likeness (QED) is 0.754. The zero-order chi connectivity index (χ0) is 20.4. The maximum Gasteiger partial charge on any atom is 0.337 e. The minimum absolute atomic E-state index is 0.152. The van der Waals surface area contributed by atoms with Gasteiger partial charge in [0.05, 0.1) is 12.7 Å². The summed E-state index contributed by atoms with van der Waals surface area (Å²) in [5.74, 6) is -1.25. The molecule has 0 aliphatic heterocycles. The van der Waals surface area contributed by atoms with Gasteiger partial charge in [-0.1, -0.05) is 0 Å². The van der Waals surface area contributed by atoms with Crippen molar-refractivity contribution < 1.29 is 27.2 Å². The Kier molecular flexibility index (Phi) is 5.76. The van der Waals surface area contributed by atoms with Crippen molar-refractivity contribution in [2.24, 2.45) is 0 Å². The largest absolute Gasteiger partial charge is 0.465 e. The second-order valence-electron chi connectivity index (χ2n) is 6.95. The summed E-state index contributed by atoms with van der Waals surface area (Å²) in [5.41, 5.74) is 0.765. The van der Waals surface area contributed by atoms with Crippen molar-refractivity contribution in [3.05, 3.63) is 47.2 Å². The van der Waals surface area contributed by atoms with Gasteiger partial charge in [0, 0.05) is 11.2 Å². The number of ether oxygens (including phenoxy) is 1. The number of methoxy groups -OCH3 is 1. The molecule has 0 aliphatic rings. The highest BCUT2D eigenvalue weighted by Crippen LogP contribution is 2.20. The Balaban J connectivity index is 2.18. The molecule has 0 aliphatic carbocycles. The molecule has 0 fully saturated rings. The number of amides is 1. The number of nitrogens with one attached hydrogen (secondary N) is 2. The van der Waals surface area contributed by atoms with E-state index in [0.29, 0.717) is 16.8 Å². The van der Waals surface area contributed by atoms with Crippen LogP contribution >= 0.6 is 0 Å². The summed E-state index contributed by atoms with van der Waals surface area (Å²) in [6, 6.07) is 7.15. The van der Waals surface area contributed by atoms with E-state index in [-0.39, 0.29) is 10.9 Å². The summed E-state index contributed by atoms with van der Waals surface area (Å²) in [6.45, 7) is 6.80. The molecule has 0 atom stereocenters. The third-order valence-corrected chi connectivity index (χ3v) is 5.04. The van der Waals surface area contributed by atoms with Crippen LogP contribution in [0.3, 0.4) is 0 Å². The molecule has 9 heteroatoms. The van der Waals surface area contributed by atoms with Crippen LogP contribution in [0, 0.1) is 6.92 Å². The number of carbonyl (C=O) groups excluding carboxylic acids is 2. The standard InChI is InChI=1S/C18H22N2O6S/c1-11-10-12(17(22)25-5)6-7-13(11)19-16(21)14-8-9-15(26-14)27(23,24)20-18(2,3)4/h6-10,20H,1-5H3,(H,19,21). The van der Waals surface area contributed by atoms with Gasteiger partial charge in [-0.3, -0.25) is 4.79 Å². The van der Waals surface area contributed by atoms with E-state index >= 15 is 0 Å². The minimum atomic E-state index is -3.88. The van der Waals surface area contributed by atoms with E-state index in [1.54, 1.807) is 39.8 Å². The first-order valence-corrected chi connectivity index (χ1v) is 9.55. The molecule has 2 N–H and O–H groups in total. The molecule has 1 aromatic carbocycles. The summed E-state index contributed by atoms with van der Waals surface area (Å²) in [6.07, 6.45) is 0. The van der Waals surface area contributed by atoms with Gasteiger partial charge in [0.2, 0.25) is 5.09 Å². The normalized spacial score (nSPS) is 11.9. The third kappa shape index (κ3) is 5.18. The molecule has 0 unspecified atom stereocenters. The van der Waals surface area contributed by atoms with Crippen LogP contribution in [0.2, 0.25) is 0 Å². The monoisotopic (exact) mass is 394 g/mol. The number of benzene rings is 1. The Morgan fingerprint density at radius 2 is 1.78 bits per heavy atom. The van der Waals surface area contributed by atoms with E-state index < -0.39 is 27.4 Å². The van der Waals surface area contributed by atoms with E-state index in [2.05, 4.69) is 14.8 Å². The summed E-state index contributed by atoms with van der Waals surface area (Å²) in [5, 5.41) is 2.28. The summed E-state index contributed by atoms with van der Waals surface area (Å²) < 4.78 is 36.8. The van der Waals surface area contributed by atoms with Gasteiger partial charge in [-0.05, 0) is 63.6 Å². The van der Waals surface area contributed by atoms with Gasteiger partial charge in [0.25, 0.3) is 15.9 Å². The van der Waals surface area contributed by atoms with Crippen molar-refractivity contribution >= 4 is 27.6 Å². The Morgan fingerprint density at radius 3 is 2.33 bits per heavy atom. The molecule has 146 valence electrons. The minimum Gasteiger partial charge on any atom is -0.465 e. The molecule has 2 rings (SSSR count). The van der Waals surface area contributed by atoms with E-state index in [9.17, 15) is 18.0 Å². The molecular formula is C18H22N2O6S. The lowest BCUT2D eigenvalue weighted by atomic mass is 10.1. The topological polar surface area (TPSA) is 115 Å². The molecule has 2 aromatic rings. The van der Waals surface area contributed by atoms with Crippen molar-refractivity contribution in [1.29, 1.82) is 0 Å². The number of anilines is 1. The highest BCUT2D eigenvalue weighted by molar-refractivity contribution is 7.89. The predicted molar refractivity (Wildman–Crippen MR) is 99.3 cm³/mol. The zero-order valence-corrected chi connectivity index (χ0v) is 16.6. The maximum atomic E-state index is 12.4. The lowest BCUT2D eigenvalue weighted by molar-refractivity contribution is 0.0600. The molecule has 0 spiro atoms. The number of aryl methyl sites for hydroxylation is 1. The van der Waals surface area contributed by atoms with E-state index in [4.69, 9.17) is 4.42 Å². The molecule has 0 radical (unpaired) electrons. The summed E-state index contributed by atoms with van der Waals surface area (Å²) >= 11 is 0. The van der Waals surface area contributed by atoms with Crippen LogP contribution in [0.5, 0.6) is 0 Å². The lowest BCUT2D eigenvalue weighted by Crippen LogP contribution is -2.40. The summed E-state index contributed by atoms with van der Waals surface area (Å²) in [7, 11) is -2.60. The van der Waals surface area contributed by atoms with Gasteiger partial charge in [-0.15, -0.1) is 0 Å². The van der Waals surface area contributed by atoms with E-state index in [1.165, 1.54) is 25.3 Å². The van der Waals surface area contributed by atoms with Crippen molar-refractivity contribution in [2.75, 3.05) is 12.4 Å². The Hall–Kier alpha value is -2.65. The predicted octanol–water partition coefficient (Wildman–Crippen LogP) is 2.70. The van der Waals surface area contributed by atoms with Gasteiger partial charge in [0.1, 0.15) is 0 Å². The van der Waals surface area contributed by atoms with Gasteiger partial charge < -0.3 is 14.5 Å². The molecule has 27 heavy (non-hydrogen) atoms. The Morgan fingerprint density at radius 1 is 1.11 bits per heavy atom. The van der Waals surface area contributed by atoms with Gasteiger partial charge in [0.15, 0.2) is 5.76 Å². The number of esters is 1. The SMILES string of the molecule is COC(=O)c1ccc(NC(=O)c2ccc(S(=O)(=O)NC(C)(C)C)o2)c(C)c1.